The van der Waals surface area contributed by atoms with Crippen LogP contribution in [0.25, 0.3) is 0 Å². The highest BCUT2D eigenvalue weighted by atomic mass is 16.6. The van der Waals surface area contributed by atoms with E-state index in [1.807, 2.05) is 12.2 Å². The van der Waals surface area contributed by atoms with Crippen LogP contribution in [0, 0.1) is 0 Å². The molecule has 1 unspecified atom stereocenters. The summed E-state index contributed by atoms with van der Waals surface area (Å²) in [6, 6.07) is 0. The maximum Gasteiger partial charge on any atom is 0.309 e. The molecule has 0 aliphatic rings. The molecule has 0 fully saturated rings. The highest BCUT2D eigenvalue weighted by Crippen LogP contribution is 2.18. The molecule has 6 heteroatoms. The molecule has 0 spiro atoms. The number of unbranched alkanes of at least 4 members (excludes halogenated alkanes) is 39. The van der Waals surface area contributed by atoms with Crippen molar-refractivity contribution in [2.24, 2.45) is 0 Å². The van der Waals surface area contributed by atoms with E-state index in [4.69, 9.17) is 14.2 Å². The van der Waals surface area contributed by atoms with E-state index in [1.54, 1.807) is 0 Å². The van der Waals surface area contributed by atoms with Crippen LogP contribution in [0.15, 0.2) is 60.8 Å². The summed E-state index contributed by atoms with van der Waals surface area (Å²) in [7, 11) is 0. The van der Waals surface area contributed by atoms with Crippen LogP contribution in [-0.4, -0.2) is 37.2 Å². The molecular weight excluding hydrogens is 913 g/mol. The third kappa shape index (κ3) is 60.0. The summed E-state index contributed by atoms with van der Waals surface area (Å²) in [5.41, 5.74) is 0. The minimum atomic E-state index is -0.812. The molecule has 6 nitrogen and oxygen atoms in total. The molecular formula is C68H122O6. The van der Waals surface area contributed by atoms with Gasteiger partial charge in [-0.1, -0.05) is 332 Å². The normalized spacial score (nSPS) is 12.4. The van der Waals surface area contributed by atoms with Gasteiger partial charge in [-0.2, -0.15) is 0 Å². The lowest BCUT2D eigenvalue weighted by Crippen LogP contribution is -2.30. The van der Waals surface area contributed by atoms with E-state index in [0.717, 1.165) is 70.6 Å². The quantitative estimate of drug-likeness (QED) is 0.0261. The Balaban J connectivity index is 4.37. The first-order valence-electron chi connectivity index (χ1n) is 32.3. The number of rotatable bonds is 59. The maximum absolute atomic E-state index is 12.9. The Morgan fingerprint density at radius 3 is 0.824 bits per heavy atom. The lowest BCUT2D eigenvalue weighted by atomic mass is 10.0. The highest BCUT2D eigenvalue weighted by Gasteiger charge is 2.19. The summed E-state index contributed by atoms with van der Waals surface area (Å²) in [4.78, 5) is 38.2. The van der Waals surface area contributed by atoms with Crippen LogP contribution < -0.4 is 0 Å². The van der Waals surface area contributed by atoms with E-state index in [9.17, 15) is 14.4 Å². The van der Waals surface area contributed by atoms with E-state index in [2.05, 4.69) is 69.4 Å². The summed E-state index contributed by atoms with van der Waals surface area (Å²) >= 11 is 0. The Morgan fingerprint density at radius 1 is 0.284 bits per heavy atom. The first kappa shape index (κ1) is 71.1. The van der Waals surface area contributed by atoms with Gasteiger partial charge in [0.05, 0.1) is 6.42 Å². The second-order valence-electron chi connectivity index (χ2n) is 21.7. The Hall–Kier alpha value is -2.89. The van der Waals surface area contributed by atoms with Gasteiger partial charge in [-0.3, -0.25) is 14.4 Å². The molecule has 74 heavy (non-hydrogen) atoms. The van der Waals surface area contributed by atoms with Crippen molar-refractivity contribution in [3.8, 4) is 0 Å². The van der Waals surface area contributed by atoms with Crippen LogP contribution in [0.5, 0.6) is 0 Å². The van der Waals surface area contributed by atoms with Crippen molar-refractivity contribution in [3.63, 3.8) is 0 Å². The number of carbonyl (C=O) groups is 3. The molecule has 0 rings (SSSR count). The topological polar surface area (TPSA) is 78.9 Å². The van der Waals surface area contributed by atoms with E-state index in [0.29, 0.717) is 12.8 Å². The number of esters is 3. The fourth-order valence-electron chi connectivity index (χ4n) is 9.52. The SMILES string of the molecule is CC/C=C\C/C=C\C/C=C\C/C=C\C/C=C\CC(=O)OCC(COC(=O)CCCCCCCCCCCCCCCCCCCCCCC)OC(=O)CCCCCCCCCCCCCCCCCCCCCC. The number of hydrogen-bond acceptors (Lipinski definition) is 6. The Labute approximate surface area is 460 Å². The van der Waals surface area contributed by atoms with Gasteiger partial charge < -0.3 is 14.2 Å². The van der Waals surface area contributed by atoms with Crippen molar-refractivity contribution >= 4 is 17.9 Å². The molecule has 0 saturated heterocycles. The monoisotopic (exact) mass is 1030 g/mol. The maximum atomic E-state index is 12.9. The fourth-order valence-corrected chi connectivity index (χ4v) is 9.52. The molecule has 0 amide bonds. The molecule has 0 bridgehead atoms. The highest BCUT2D eigenvalue weighted by molar-refractivity contribution is 5.72. The van der Waals surface area contributed by atoms with Gasteiger partial charge in [-0.25, -0.2) is 0 Å². The number of carbonyl (C=O) groups excluding carboxylic acids is 3. The molecule has 0 aromatic rings. The summed E-state index contributed by atoms with van der Waals surface area (Å²) in [5.74, 6) is -1.01. The molecule has 0 heterocycles. The van der Waals surface area contributed by atoms with Gasteiger partial charge in [0.2, 0.25) is 0 Å². The largest absolute Gasteiger partial charge is 0.462 e. The Kier molecular flexibility index (Phi) is 60.2. The van der Waals surface area contributed by atoms with Crippen molar-refractivity contribution < 1.29 is 28.6 Å². The van der Waals surface area contributed by atoms with Crippen molar-refractivity contribution in [1.82, 2.24) is 0 Å². The van der Waals surface area contributed by atoms with Gasteiger partial charge in [0.15, 0.2) is 6.10 Å². The summed E-state index contributed by atoms with van der Waals surface area (Å²) in [6.45, 7) is 6.50. The minimum Gasteiger partial charge on any atom is -0.462 e. The predicted octanol–water partition coefficient (Wildman–Crippen LogP) is 21.9. The molecule has 0 aliphatic heterocycles. The fraction of sp³-hybridized carbons (Fsp3) is 0.809. The molecule has 0 radical (unpaired) electrons. The number of allylic oxidation sites excluding steroid dienone is 9. The zero-order chi connectivity index (χ0) is 53.6. The van der Waals surface area contributed by atoms with Crippen molar-refractivity contribution in [2.45, 2.75) is 341 Å². The molecule has 1 atom stereocenters. The van der Waals surface area contributed by atoms with E-state index >= 15 is 0 Å². The average molecular weight is 1040 g/mol. The zero-order valence-electron chi connectivity index (χ0n) is 49.4. The van der Waals surface area contributed by atoms with Gasteiger partial charge in [0, 0.05) is 12.8 Å². The second kappa shape index (κ2) is 62.6. The lowest BCUT2D eigenvalue weighted by Gasteiger charge is -2.18. The van der Waals surface area contributed by atoms with E-state index < -0.39 is 12.1 Å². The summed E-state index contributed by atoms with van der Waals surface area (Å²) < 4.78 is 16.8. The van der Waals surface area contributed by atoms with Gasteiger partial charge in [0.1, 0.15) is 13.2 Å². The van der Waals surface area contributed by atoms with E-state index in [-0.39, 0.29) is 31.6 Å². The first-order valence-corrected chi connectivity index (χ1v) is 32.3. The summed E-state index contributed by atoms with van der Waals surface area (Å²) in [6.07, 6.45) is 79.8. The van der Waals surface area contributed by atoms with Crippen molar-refractivity contribution in [3.05, 3.63) is 60.8 Å². The van der Waals surface area contributed by atoms with Crippen molar-refractivity contribution in [1.29, 1.82) is 0 Å². The van der Waals surface area contributed by atoms with Crippen LogP contribution in [0.2, 0.25) is 0 Å². The predicted molar refractivity (Wildman–Crippen MR) is 321 cm³/mol. The number of ether oxygens (including phenoxy) is 3. The average Bonchev–Trinajstić information content (AvgIpc) is 3.40. The second-order valence-corrected chi connectivity index (χ2v) is 21.7. The Bertz CT molecular complexity index is 1330. The van der Waals surface area contributed by atoms with Crippen LogP contribution in [0.1, 0.15) is 335 Å². The molecule has 430 valence electrons. The molecule has 0 aromatic carbocycles. The number of hydrogen-bond donors (Lipinski definition) is 0. The van der Waals surface area contributed by atoms with Gasteiger partial charge in [-0.15, -0.1) is 0 Å². The minimum absolute atomic E-state index is 0.0992. The smallest absolute Gasteiger partial charge is 0.309 e. The van der Waals surface area contributed by atoms with Crippen molar-refractivity contribution in [2.75, 3.05) is 13.2 Å². The van der Waals surface area contributed by atoms with Crippen LogP contribution >= 0.6 is 0 Å². The van der Waals surface area contributed by atoms with Gasteiger partial charge >= 0.3 is 17.9 Å². The molecule has 0 saturated carbocycles. The third-order valence-corrected chi connectivity index (χ3v) is 14.3. The van der Waals surface area contributed by atoms with Gasteiger partial charge in [-0.05, 0) is 44.9 Å². The molecule has 0 N–H and O–H groups in total. The molecule has 0 aromatic heterocycles. The standard InChI is InChI=1S/C68H122O6/c1-4-7-10-13-16-19-22-25-28-30-32-34-36-37-40-43-46-49-52-55-58-61-67(70)73-64-65(63-72-66(69)60-57-54-51-48-45-42-39-27-24-21-18-15-12-9-6-3)74-68(71)62-59-56-53-50-47-44-41-38-35-33-31-29-26-23-20-17-14-11-8-5-2/h9,12,18,21,27,39,45,48,54,57,65H,4-8,10-11,13-17,19-20,22-26,28-38,40-44,46-47,49-53,55-56,58-64H2,1-3H3/b12-9-,21-18-,39-27-,48-45-,57-54-. The van der Waals surface area contributed by atoms with Crippen LogP contribution in [0.3, 0.4) is 0 Å². The van der Waals surface area contributed by atoms with E-state index in [1.165, 1.54) is 225 Å². The Morgan fingerprint density at radius 2 is 0.527 bits per heavy atom. The van der Waals surface area contributed by atoms with Gasteiger partial charge in [0.25, 0.3) is 0 Å². The summed E-state index contributed by atoms with van der Waals surface area (Å²) in [5, 5.41) is 0. The first-order chi connectivity index (χ1) is 36.5. The van der Waals surface area contributed by atoms with Crippen LogP contribution in [-0.2, 0) is 28.6 Å². The van der Waals surface area contributed by atoms with Crippen LogP contribution in [0.4, 0.5) is 0 Å². The zero-order valence-corrected chi connectivity index (χ0v) is 49.4. The lowest BCUT2D eigenvalue weighted by molar-refractivity contribution is -0.166. The molecule has 0 aliphatic carbocycles. The third-order valence-electron chi connectivity index (χ3n) is 14.3.